The van der Waals surface area contributed by atoms with Gasteiger partial charge < -0.3 is 19.7 Å². The molecule has 196 valence electrons. The fourth-order valence-corrected chi connectivity index (χ4v) is 6.07. The molecule has 36 heavy (non-hydrogen) atoms. The van der Waals surface area contributed by atoms with Crippen LogP contribution in [0.15, 0.2) is 18.2 Å². The van der Waals surface area contributed by atoms with E-state index in [-0.39, 0.29) is 5.91 Å². The smallest absolute Gasteiger partial charge is 0.272 e. The van der Waals surface area contributed by atoms with Gasteiger partial charge in [-0.3, -0.25) is 4.79 Å². The molecule has 1 amide bonds. The SMILES string of the molecule is Cc1nc(NCc2ccc(Cl)c(Cl)c2)c(C)c(C(=O)N2CCC(N3CCC(N[S@@+](C)[O-])CC3)CC2)n1. The summed E-state index contributed by atoms with van der Waals surface area (Å²) in [5.74, 6) is 1.17. The second kappa shape index (κ2) is 12.3. The van der Waals surface area contributed by atoms with E-state index in [4.69, 9.17) is 23.2 Å². The average Bonchev–Trinajstić information content (AvgIpc) is 2.86. The second-order valence-electron chi connectivity index (χ2n) is 9.60. The van der Waals surface area contributed by atoms with E-state index in [1.165, 1.54) is 0 Å². The Labute approximate surface area is 226 Å². The lowest BCUT2D eigenvalue weighted by molar-refractivity contribution is 0.0570. The third-order valence-corrected chi connectivity index (χ3v) is 8.44. The summed E-state index contributed by atoms with van der Waals surface area (Å²) in [4.78, 5) is 26.9. The number of anilines is 1. The monoisotopic (exact) mass is 552 g/mol. The lowest BCUT2D eigenvalue weighted by atomic mass is 9.98. The lowest BCUT2D eigenvalue weighted by Gasteiger charge is -2.41. The molecular weight excluding hydrogens is 519 g/mol. The van der Waals surface area contributed by atoms with Crippen molar-refractivity contribution in [2.45, 2.75) is 58.2 Å². The zero-order chi connectivity index (χ0) is 25.8. The topological polar surface area (TPSA) is 96.5 Å². The molecule has 2 fully saturated rings. The van der Waals surface area contributed by atoms with E-state index < -0.39 is 11.4 Å². The number of rotatable bonds is 7. The highest BCUT2D eigenvalue weighted by atomic mass is 35.5. The zero-order valence-electron chi connectivity index (χ0n) is 21.0. The first-order valence-corrected chi connectivity index (χ1v) is 14.7. The molecule has 2 N–H and O–H groups in total. The van der Waals surface area contributed by atoms with Gasteiger partial charge >= 0.3 is 0 Å². The first-order chi connectivity index (χ1) is 17.2. The van der Waals surface area contributed by atoms with Crippen molar-refractivity contribution >= 4 is 46.3 Å². The molecular formula is C25H34Cl2N6O2S. The van der Waals surface area contributed by atoms with Crippen LogP contribution in [0.1, 0.15) is 53.1 Å². The van der Waals surface area contributed by atoms with E-state index in [0.717, 1.165) is 63.0 Å². The van der Waals surface area contributed by atoms with Gasteiger partial charge in [-0.25, -0.2) is 9.97 Å². The van der Waals surface area contributed by atoms with Crippen molar-refractivity contribution in [1.29, 1.82) is 0 Å². The lowest BCUT2D eigenvalue weighted by Crippen LogP contribution is -2.51. The quantitative estimate of drug-likeness (QED) is 0.501. The molecule has 0 bridgehead atoms. The van der Waals surface area contributed by atoms with Crippen LogP contribution in [0.25, 0.3) is 0 Å². The summed E-state index contributed by atoms with van der Waals surface area (Å²) in [7, 11) is 0. The van der Waals surface area contributed by atoms with Gasteiger partial charge in [0.15, 0.2) is 0 Å². The Kier molecular flexibility index (Phi) is 9.35. The molecule has 11 heteroatoms. The van der Waals surface area contributed by atoms with Crippen molar-refractivity contribution in [2.75, 3.05) is 37.8 Å². The molecule has 1 aromatic carbocycles. The Morgan fingerprint density at radius 2 is 1.78 bits per heavy atom. The molecule has 0 aliphatic carbocycles. The summed E-state index contributed by atoms with van der Waals surface area (Å²) in [5, 5.41) is 4.35. The van der Waals surface area contributed by atoms with Gasteiger partial charge in [-0.15, -0.1) is 4.72 Å². The Balaban J connectivity index is 1.34. The van der Waals surface area contributed by atoms with Gasteiger partial charge in [0.1, 0.15) is 23.6 Å². The van der Waals surface area contributed by atoms with E-state index >= 15 is 0 Å². The largest absolute Gasteiger partial charge is 0.598 e. The fourth-order valence-electron chi connectivity index (χ4n) is 5.05. The maximum atomic E-state index is 13.4. The summed E-state index contributed by atoms with van der Waals surface area (Å²) >= 11 is 11.2. The Morgan fingerprint density at radius 3 is 2.42 bits per heavy atom. The standard InChI is InChI=1S/C25H34Cl2N6O2S/c1-16-23(29-17(2)30-24(16)28-15-18-4-5-21(26)22(27)14-18)25(34)33-12-8-20(9-13-33)32-10-6-19(7-11-32)31-36(3)35/h4-5,14,19-20,31H,6-13,15H2,1-3H3,(H,28,29,30)/t36-/m1/s1. The predicted molar refractivity (Wildman–Crippen MR) is 146 cm³/mol. The average molecular weight is 554 g/mol. The molecule has 8 nitrogen and oxygen atoms in total. The number of benzene rings is 1. The van der Waals surface area contributed by atoms with Crippen LogP contribution in [0, 0.1) is 13.8 Å². The number of aryl methyl sites for hydroxylation is 1. The molecule has 0 unspecified atom stereocenters. The predicted octanol–water partition coefficient (Wildman–Crippen LogP) is 3.96. The molecule has 1 atom stereocenters. The minimum atomic E-state index is -0.964. The van der Waals surface area contributed by atoms with E-state index in [0.29, 0.717) is 46.0 Å². The summed E-state index contributed by atoms with van der Waals surface area (Å²) in [5.41, 5.74) is 2.17. The molecule has 3 heterocycles. The highest BCUT2D eigenvalue weighted by molar-refractivity contribution is 7.88. The highest BCUT2D eigenvalue weighted by Crippen LogP contribution is 2.26. The van der Waals surface area contributed by atoms with Crippen LogP contribution in [-0.2, 0) is 17.9 Å². The summed E-state index contributed by atoms with van der Waals surface area (Å²) in [6, 6.07) is 6.31. The van der Waals surface area contributed by atoms with Gasteiger partial charge in [0, 0.05) is 55.7 Å². The van der Waals surface area contributed by atoms with E-state index in [2.05, 4.69) is 24.9 Å². The van der Waals surface area contributed by atoms with Gasteiger partial charge in [0.25, 0.3) is 5.91 Å². The van der Waals surface area contributed by atoms with Crippen molar-refractivity contribution < 1.29 is 9.35 Å². The third kappa shape index (κ3) is 6.82. The first-order valence-electron chi connectivity index (χ1n) is 12.4. The molecule has 2 aliphatic rings. The number of piperidine rings is 2. The van der Waals surface area contributed by atoms with Crippen LogP contribution >= 0.6 is 23.2 Å². The molecule has 2 aliphatic heterocycles. The number of aromatic nitrogens is 2. The Hall–Kier alpha value is -1.62. The highest BCUT2D eigenvalue weighted by Gasteiger charge is 2.31. The second-order valence-corrected chi connectivity index (χ2v) is 11.6. The number of likely N-dealkylation sites (tertiary alicyclic amines) is 2. The third-order valence-electron chi connectivity index (χ3n) is 7.03. The summed E-state index contributed by atoms with van der Waals surface area (Å²) in [6.45, 7) is 7.65. The van der Waals surface area contributed by atoms with Crippen molar-refractivity contribution in [3.05, 3.63) is 50.9 Å². The van der Waals surface area contributed by atoms with Crippen LogP contribution in [0.4, 0.5) is 5.82 Å². The fraction of sp³-hybridized carbons (Fsp3) is 0.560. The minimum absolute atomic E-state index is 0.0395. The number of nitrogens with one attached hydrogen (secondary N) is 2. The van der Waals surface area contributed by atoms with Crippen molar-refractivity contribution in [3.8, 4) is 0 Å². The van der Waals surface area contributed by atoms with Gasteiger partial charge in [-0.1, -0.05) is 29.3 Å². The van der Waals surface area contributed by atoms with Gasteiger partial charge in [0.2, 0.25) is 0 Å². The number of hydrogen-bond donors (Lipinski definition) is 2. The van der Waals surface area contributed by atoms with Gasteiger partial charge in [0.05, 0.1) is 16.1 Å². The van der Waals surface area contributed by atoms with Crippen LogP contribution in [-0.4, -0.2) is 74.7 Å². The molecule has 0 saturated carbocycles. The zero-order valence-corrected chi connectivity index (χ0v) is 23.3. The van der Waals surface area contributed by atoms with Crippen molar-refractivity contribution in [1.82, 2.24) is 24.5 Å². The van der Waals surface area contributed by atoms with Crippen LogP contribution in [0.2, 0.25) is 10.0 Å². The number of hydrogen-bond acceptors (Lipinski definition) is 7. The summed E-state index contributed by atoms with van der Waals surface area (Å²) < 4.78 is 14.6. The maximum absolute atomic E-state index is 13.4. The molecule has 0 radical (unpaired) electrons. The van der Waals surface area contributed by atoms with Crippen LogP contribution in [0.3, 0.4) is 0 Å². The molecule has 2 aromatic rings. The molecule has 2 saturated heterocycles. The van der Waals surface area contributed by atoms with Gasteiger partial charge in [-0.05, 0) is 57.2 Å². The first kappa shape index (κ1) is 27.4. The Bertz CT molecular complexity index is 1070. The maximum Gasteiger partial charge on any atom is 0.272 e. The number of carbonyl (C=O) groups excluding carboxylic acids is 1. The molecule has 0 spiro atoms. The van der Waals surface area contributed by atoms with Crippen molar-refractivity contribution in [3.63, 3.8) is 0 Å². The van der Waals surface area contributed by atoms with Crippen LogP contribution < -0.4 is 10.0 Å². The number of halogens is 2. The van der Waals surface area contributed by atoms with Crippen molar-refractivity contribution in [2.24, 2.45) is 0 Å². The van der Waals surface area contributed by atoms with E-state index in [1.54, 1.807) is 19.2 Å². The van der Waals surface area contributed by atoms with E-state index in [9.17, 15) is 9.35 Å². The number of nitrogens with zero attached hydrogens (tertiary/aromatic N) is 4. The number of amides is 1. The minimum Gasteiger partial charge on any atom is -0.598 e. The Morgan fingerprint density at radius 1 is 1.08 bits per heavy atom. The van der Waals surface area contributed by atoms with Gasteiger partial charge in [-0.2, -0.15) is 0 Å². The molecule has 4 rings (SSSR count). The summed E-state index contributed by atoms with van der Waals surface area (Å²) in [6.07, 6.45) is 5.62. The van der Waals surface area contributed by atoms with E-state index in [1.807, 2.05) is 24.0 Å². The molecule has 1 aromatic heterocycles. The number of carbonyl (C=O) groups is 1. The van der Waals surface area contributed by atoms with Crippen LogP contribution in [0.5, 0.6) is 0 Å². The normalized spacial score (nSPS) is 18.9.